The molecule has 0 N–H and O–H groups in total. The van der Waals surface area contributed by atoms with E-state index in [1.54, 1.807) is 6.08 Å². The summed E-state index contributed by atoms with van der Waals surface area (Å²) in [6, 6.07) is 12.6. The standard InChI is InChI=1S/C34H42ClFN6O3S/c1-39(18-20-46(43,44)19-6-14-40-21-26(36)22-40)32-27-11-17-41(30-10-3-8-25-7-2-9-28(35)31(25)30)23-29(27)37-33(38-32)45-24-34-12-4-15-42(34)16-5-13-34/h2-3,6-10,19,26H,4-5,11-18,20-24H2,1H3/b19-6+. The molecule has 0 bridgehead atoms. The van der Waals surface area contributed by atoms with E-state index < -0.39 is 16.0 Å². The number of rotatable bonds is 11. The van der Waals surface area contributed by atoms with Gasteiger partial charge in [0.2, 0.25) is 0 Å². The molecular formula is C34H42ClFN6O3S. The van der Waals surface area contributed by atoms with Gasteiger partial charge in [-0.05, 0) is 62.7 Å². The molecule has 0 atom stereocenters. The van der Waals surface area contributed by atoms with Crippen LogP contribution in [0.3, 0.4) is 0 Å². The van der Waals surface area contributed by atoms with Gasteiger partial charge < -0.3 is 14.5 Å². The summed E-state index contributed by atoms with van der Waals surface area (Å²) in [5.74, 6) is 0.663. The van der Waals surface area contributed by atoms with Gasteiger partial charge in [0, 0.05) is 61.8 Å². The Balaban J connectivity index is 1.13. The molecule has 0 aliphatic carbocycles. The molecule has 0 saturated carbocycles. The van der Waals surface area contributed by atoms with Crippen molar-refractivity contribution in [2.45, 2.75) is 50.4 Å². The average molecular weight is 669 g/mol. The molecule has 7 rings (SSSR count). The van der Waals surface area contributed by atoms with E-state index in [1.165, 1.54) is 18.2 Å². The van der Waals surface area contributed by atoms with E-state index in [2.05, 4.69) is 34.1 Å². The first kappa shape index (κ1) is 31.6. The fraction of sp³-hybridized carbons (Fsp3) is 0.529. The van der Waals surface area contributed by atoms with Gasteiger partial charge >= 0.3 is 6.01 Å². The van der Waals surface area contributed by atoms with Crippen molar-refractivity contribution >= 4 is 43.7 Å². The number of alkyl halides is 1. The third-order valence-electron chi connectivity index (χ3n) is 10.1. The van der Waals surface area contributed by atoms with Crippen LogP contribution in [0.1, 0.15) is 36.9 Å². The Morgan fingerprint density at radius 1 is 1.11 bits per heavy atom. The van der Waals surface area contributed by atoms with Crippen LogP contribution in [0.2, 0.25) is 5.02 Å². The van der Waals surface area contributed by atoms with Gasteiger partial charge in [0.25, 0.3) is 0 Å². The molecule has 46 heavy (non-hydrogen) atoms. The maximum atomic E-state index is 13.1. The molecule has 0 unspecified atom stereocenters. The minimum Gasteiger partial charge on any atom is -0.461 e. The SMILES string of the molecule is CN(CCS(=O)(=O)/C=C/CN1CC(F)C1)c1nc(OCC23CCCN2CCC3)nc2c1CCN(c1cccc3cccc(Cl)c13)C2. The molecule has 3 fully saturated rings. The van der Waals surface area contributed by atoms with Crippen LogP contribution in [0.4, 0.5) is 15.9 Å². The summed E-state index contributed by atoms with van der Waals surface area (Å²) >= 11 is 6.70. The molecule has 0 spiro atoms. The molecular weight excluding hydrogens is 627 g/mol. The largest absolute Gasteiger partial charge is 0.461 e. The van der Waals surface area contributed by atoms with Crippen molar-refractivity contribution in [1.82, 2.24) is 19.8 Å². The van der Waals surface area contributed by atoms with E-state index >= 15 is 0 Å². The zero-order chi connectivity index (χ0) is 31.9. The number of ether oxygens (including phenoxy) is 1. The van der Waals surface area contributed by atoms with Gasteiger partial charge in [0.15, 0.2) is 9.84 Å². The van der Waals surface area contributed by atoms with Gasteiger partial charge in [0.05, 0.1) is 28.6 Å². The molecule has 9 nitrogen and oxygen atoms in total. The van der Waals surface area contributed by atoms with E-state index in [0.29, 0.717) is 45.2 Å². The van der Waals surface area contributed by atoms with Crippen molar-refractivity contribution in [2.75, 3.05) is 75.0 Å². The number of halogens is 2. The van der Waals surface area contributed by atoms with Crippen LogP contribution in [-0.4, -0.2) is 105 Å². The highest BCUT2D eigenvalue weighted by molar-refractivity contribution is 7.94. The summed E-state index contributed by atoms with van der Waals surface area (Å²) in [5.41, 5.74) is 3.02. The lowest BCUT2D eigenvalue weighted by atomic mass is 9.95. The number of nitrogens with zero attached hydrogens (tertiary/aromatic N) is 6. The highest BCUT2D eigenvalue weighted by Crippen LogP contribution is 2.40. The quantitative estimate of drug-likeness (QED) is 0.284. The first-order valence-corrected chi connectivity index (χ1v) is 18.5. The smallest absolute Gasteiger partial charge is 0.318 e. The maximum absolute atomic E-state index is 13.1. The summed E-state index contributed by atoms with van der Waals surface area (Å²) in [6.07, 6.45) is 6.12. The van der Waals surface area contributed by atoms with E-state index in [0.717, 1.165) is 71.0 Å². The second-order valence-corrected chi connectivity index (χ2v) is 15.6. The van der Waals surface area contributed by atoms with Gasteiger partial charge in [0.1, 0.15) is 18.6 Å². The lowest BCUT2D eigenvalue weighted by Crippen LogP contribution is -2.48. The molecule has 2 aromatic carbocycles. The molecule has 5 heterocycles. The van der Waals surface area contributed by atoms with E-state index in [-0.39, 0.29) is 17.8 Å². The second kappa shape index (κ2) is 12.9. The maximum Gasteiger partial charge on any atom is 0.318 e. The number of hydrogen-bond acceptors (Lipinski definition) is 9. The number of fused-ring (bicyclic) bond motifs is 3. The Bertz CT molecular complexity index is 1720. The molecule has 1 aromatic heterocycles. The molecule has 0 radical (unpaired) electrons. The fourth-order valence-corrected chi connectivity index (χ4v) is 8.93. The molecule has 4 aliphatic rings. The fourth-order valence-electron chi connectivity index (χ4n) is 7.61. The van der Waals surface area contributed by atoms with Crippen LogP contribution in [0.25, 0.3) is 10.8 Å². The highest BCUT2D eigenvalue weighted by Gasteiger charge is 2.45. The van der Waals surface area contributed by atoms with Crippen molar-refractivity contribution in [2.24, 2.45) is 0 Å². The summed E-state index contributed by atoms with van der Waals surface area (Å²) in [7, 11) is -1.57. The minimum absolute atomic E-state index is 0.0542. The van der Waals surface area contributed by atoms with Crippen LogP contribution in [0, 0.1) is 0 Å². The van der Waals surface area contributed by atoms with Crippen molar-refractivity contribution in [3.63, 3.8) is 0 Å². The van der Waals surface area contributed by atoms with E-state index in [4.69, 9.17) is 26.3 Å². The van der Waals surface area contributed by atoms with E-state index in [1.807, 2.05) is 29.0 Å². The molecule has 4 aliphatic heterocycles. The minimum atomic E-state index is -3.45. The Morgan fingerprint density at radius 3 is 2.63 bits per heavy atom. The highest BCUT2D eigenvalue weighted by atomic mass is 35.5. The van der Waals surface area contributed by atoms with Crippen LogP contribution in [0.5, 0.6) is 6.01 Å². The molecule has 3 aromatic rings. The number of hydrogen-bond donors (Lipinski definition) is 0. The van der Waals surface area contributed by atoms with Crippen molar-refractivity contribution < 1.29 is 17.5 Å². The molecule has 0 amide bonds. The van der Waals surface area contributed by atoms with E-state index in [9.17, 15) is 12.8 Å². The predicted molar refractivity (Wildman–Crippen MR) is 182 cm³/mol. The van der Waals surface area contributed by atoms with Crippen LogP contribution < -0.4 is 14.5 Å². The average Bonchev–Trinajstić information content (AvgIpc) is 3.62. The normalized spacial score (nSPS) is 20.3. The van der Waals surface area contributed by atoms with Crippen molar-refractivity contribution in [3.05, 3.63) is 64.2 Å². The van der Waals surface area contributed by atoms with Crippen molar-refractivity contribution in [3.8, 4) is 6.01 Å². The van der Waals surface area contributed by atoms with Crippen LogP contribution in [-0.2, 0) is 22.8 Å². The van der Waals surface area contributed by atoms with Gasteiger partial charge in [-0.3, -0.25) is 9.80 Å². The lowest BCUT2D eigenvalue weighted by Gasteiger charge is -2.34. The summed E-state index contributed by atoms with van der Waals surface area (Å²) in [6.45, 7) is 5.52. The molecule has 3 saturated heterocycles. The van der Waals surface area contributed by atoms with Crippen molar-refractivity contribution in [1.29, 1.82) is 0 Å². The summed E-state index contributed by atoms with van der Waals surface area (Å²) < 4.78 is 45.3. The number of aromatic nitrogens is 2. The number of likely N-dealkylation sites (tertiary alicyclic amines) is 1. The Morgan fingerprint density at radius 2 is 1.87 bits per heavy atom. The summed E-state index contributed by atoms with van der Waals surface area (Å²) in [5, 5.41) is 4.09. The molecule has 246 valence electrons. The number of benzene rings is 2. The van der Waals surface area contributed by atoms with Crippen LogP contribution in [0.15, 0.2) is 47.9 Å². The Hall–Kier alpha value is -2.99. The Labute approximate surface area is 275 Å². The van der Waals surface area contributed by atoms with Gasteiger partial charge in [-0.2, -0.15) is 9.97 Å². The second-order valence-electron chi connectivity index (χ2n) is 13.2. The monoisotopic (exact) mass is 668 g/mol. The number of anilines is 2. The first-order chi connectivity index (χ1) is 22.2. The number of sulfone groups is 1. The summed E-state index contributed by atoms with van der Waals surface area (Å²) in [4.78, 5) is 18.6. The third-order valence-corrected chi connectivity index (χ3v) is 11.8. The third kappa shape index (κ3) is 6.43. The van der Waals surface area contributed by atoms with Gasteiger partial charge in [-0.1, -0.05) is 41.9 Å². The van der Waals surface area contributed by atoms with Gasteiger partial charge in [-0.15, -0.1) is 0 Å². The topological polar surface area (TPSA) is 82.1 Å². The first-order valence-electron chi connectivity index (χ1n) is 16.4. The zero-order valence-electron chi connectivity index (χ0n) is 26.4. The predicted octanol–water partition coefficient (Wildman–Crippen LogP) is 4.87. The lowest BCUT2D eigenvalue weighted by molar-refractivity contribution is 0.0772. The molecule has 12 heteroatoms. The zero-order valence-corrected chi connectivity index (χ0v) is 27.9. The van der Waals surface area contributed by atoms with Crippen LogP contribution >= 0.6 is 11.6 Å². The van der Waals surface area contributed by atoms with Gasteiger partial charge in [-0.25, -0.2) is 12.8 Å². The Kier molecular flexibility index (Phi) is 8.86.